The molecule has 0 bridgehead atoms. The molecule has 0 aliphatic rings. The molecule has 0 aliphatic heterocycles. The SMILES string of the molecule is CCCOc1ccc(C=NNC(=O)CCc2ccccc2)cc1. The van der Waals surface area contributed by atoms with Gasteiger partial charge in [0, 0.05) is 6.42 Å². The fourth-order valence-electron chi connectivity index (χ4n) is 2.01. The average Bonchev–Trinajstić information content (AvgIpc) is 2.60. The second kappa shape index (κ2) is 9.41. The van der Waals surface area contributed by atoms with E-state index in [0.29, 0.717) is 19.4 Å². The van der Waals surface area contributed by atoms with Crippen molar-refractivity contribution in [2.45, 2.75) is 26.2 Å². The molecule has 1 N–H and O–H groups in total. The molecule has 0 atom stereocenters. The van der Waals surface area contributed by atoms with Crippen LogP contribution in [0, 0.1) is 0 Å². The zero-order chi connectivity index (χ0) is 16.3. The third kappa shape index (κ3) is 6.34. The van der Waals surface area contributed by atoms with Crippen LogP contribution in [0.3, 0.4) is 0 Å². The molecule has 120 valence electrons. The van der Waals surface area contributed by atoms with Gasteiger partial charge in [0.1, 0.15) is 5.75 Å². The third-order valence-electron chi connectivity index (χ3n) is 3.24. The summed E-state index contributed by atoms with van der Waals surface area (Å²) in [5, 5.41) is 3.98. The standard InChI is InChI=1S/C19H22N2O2/c1-2-14-23-18-11-8-17(9-12-18)15-20-21-19(22)13-10-16-6-4-3-5-7-16/h3-9,11-12,15H,2,10,13-14H2,1H3,(H,21,22). The Morgan fingerprint density at radius 1 is 1.13 bits per heavy atom. The average molecular weight is 310 g/mol. The molecule has 0 saturated carbocycles. The van der Waals surface area contributed by atoms with E-state index in [0.717, 1.165) is 23.3 Å². The van der Waals surface area contributed by atoms with Crippen molar-refractivity contribution in [3.63, 3.8) is 0 Å². The minimum absolute atomic E-state index is 0.0898. The van der Waals surface area contributed by atoms with Crippen molar-refractivity contribution in [1.29, 1.82) is 0 Å². The van der Waals surface area contributed by atoms with E-state index in [1.54, 1.807) is 6.21 Å². The number of amides is 1. The van der Waals surface area contributed by atoms with Gasteiger partial charge in [0.25, 0.3) is 0 Å². The first kappa shape index (κ1) is 16.7. The Morgan fingerprint density at radius 3 is 2.57 bits per heavy atom. The van der Waals surface area contributed by atoms with Crippen molar-refractivity contribution >= 4 is 12.1 Å². The van der Waals surface area contributed by atoms with Crippen LogP contribution in [0.4, 0.5) is 0 Å². The molecular weight excluding hydrogens is 288 g/mol. The van der Waals surface area contributed by atoms with E-state index in [1.165, 1.54) is 0 Å². The lowest BCUT2D eigenvalue weighted by Gasteiger charge is -2.04. The molecule has 0 aromatic heterocycles. The fourth-order valence-corrected chi connectivity index (χ4v) is 2.01. The Hall–Kier alpha value is -2.62. The fraction of sp³-hybridized carbons (Fsp3) is 0.263. The number of rotatable bonds is 8. The van der Waals surface area contributed by atoms with Gasteiger partial charge in [-0.25, -0.2) is 5.43 Å². The zero-order valence-electron chi connectivity index (χ0n) is 13.4. The normalized spacial score (nSPS) is 10.7. The van der Waals surface area contributed by atoms with E-state index < -0.39 is 0 Å². The van der Waals surface area contributed by atoms with Crippen LogP contribution < -0.4 is 10.2 Å². The number of nitrogens with zero attached hydrogens (tertiary/aromatic N) is 1. The number of hydrogen-bond acceptors (Lipinski definition) is 3. The second-order valence-corrected chi connectivity index (χ2v) is 5.20. The summed E-state index contributed by atoms with van der Waals surface area (Å²) in [5.41, 5.74) is 4.61. The smallest absolute Gasteiger partial charge is 0.240 e. The molecule has 0 spiro atoms. The molecular formula is C19H22N2O2. The van der Waals surface area contributed by atoms with Gasteiger partial charge in [-0.2, -0.15) is 5.10 Å². The summed E-state index contributed by atoms with van der Waals surface area (Å²) in [6.07, 6.45) is 3.75. The lowest BCUT2D eigenvalue weighted by molar-refractivity contribution is -0.121. The number of ether oxygens (including phenoxy) is 1. The first-order valence-corrected chi connectivity index (χ1v) is 7.86. The third-order valence-corrected chi connectivity index (χ3v) is 3.24. The van der Waals surface area contributed by atoms with E-state index >= 15 is 0 Å². The molecule has 0 fully saturated rings. The molecule has 2 rings (SSSR count). The molecule has 4 heteroatoms. The number of hydrogen-bond donors (Lipinski definition) is 1. The molecule has 0 saturated heterocycles. The molecule has 0 radical (unpaired) electrons. The van der Waals surface area contributed by atoms with Crippen molar-refractivity contribution in [2.24, 2.45) is 5.10 Å². The highest BCUT2D eigenvalue weighted by Crippen LogP contribution is 2.11. The van der Waals surface area contributed by atoms with Crippen LogP contribution in [0.5, 0.6) is 5.75 Å². The molecule has 0 heterocycles. The molecule has 0 unspecified atom stereocenters. The minimum atomic E-state index is -0.0898. The van der Waals surface area contributed by atoms with Gasteiger partial charge in [0.05, 0.1) is 12.8 Å². The maximum atomic E-state index is 11.7. The Balaban J connectivity index is 1.74. The summed E-state index contributed by atoms with van der Waals surface area (Å²) in [7, 11) is 0. The van der Waals surface area contributed by atoms with Gasteiger partial charge in [-0.15, -0.1) is 0 Å². The van der Waals surface area contributed by atoms with Crippen molar-refractivity contribution in [1.82, 2.24) is 5.43 Å². The number of aryl methyl sites for hydroxylation is 1. The lowest BCUT2D eigenvalue weighted by atomic mass is 10.1. The van der Waals surface area contributed by atoms with Crippen molar-refractivity contribution in [2.75, 3.05) is 6.61 Å². The predicted molar refractivity (Wildman–Crippen MR) is 92.7 cm³/mol. The van der Waals surface area contributed by atoms with E-state index in [9.17, 15) is 4.79 Å². The number of carbonyl (C=O) groups is 1. The van der Waals surface area contributed by atoms with Crippen LogP contribution in [-0.4, -0.2) is 18.7 Å². The number of nitrogens with one attached hydrogen (secondary N) is 1. The predicted octanol–water partition coefficient (Wildman–Crippen LogP) is 3.56. The highest BCUT2D eigenvalue weighted by Gasteiger charge is 2.00. The van der Waals surface area contributed by atoms with Gasteiger partial charge < -0.3 is 4.74 Å². The molecule has 2 aromatic carbocycles. The molecule has 4 nitrogen and oxygen atoms in total. The number of benzene rings is 2. The quantitative estimate of drug-likeness (QED) is 0.599. The summed E-state index contributed by atoms with van der Waals surface area (Å²) in [6.45, 7) is 2.78. The highest BCUT2D eigenvalue weighted by atomic mass is 16.5. The molecule has 23 heavy (non-hydrogen) atoms. The van der Waals surface area contributed by atoms with Gasteiger partial charge in [-0.1, -0.05) is 37.3 Å². The first-order valence-electron chi connectivity index (χ1n) is 7.86. The monoisotopic (exact) mass is 310 g/mol. The van der Waals surface area contributed by atoms with Gasteiger partial charge in [-0.3, -0.25) is 4.79 Å². The van der Waals surface area contributed by atoms with E-state index in [-0.39, 0.29) is 5.91 Å². The topological polar surface area (TPSA) is 50.7 Å². The van der Waals surface area contributed by atoms with Crippen LogP contribution in [0.15, 0.2) is 59.7 Å². The second-order valence-electron chi connectivity index (χ2n) is 5.20. The van der Waals surface area contributed by atoms with Crippen molar-refractivity contribution in [3.8, 4) is 5.75 Å². The summed E-state index contributed by atoms with van der Waals surface area (Å²) in [5.74, 6) is 0.754. The van der Waals surface area contributed by atoms with Crippen LogP contribution in [0.2, 0.25) is 0 Å². The van der Waals surface area contributed by atoms with Crippen molar-refractivity contribution < 1.29 is 9.53 Å². The minimum Gasteiger partial charge on any atom is -0.494 e. The van der Waals surface area contributed by atoms with Gasteiger partial charge >= 0.3 is 0 Å². The highest BCUT2D eigenvalue weighted by molar-refractivity contribution is 5.82. The molecule has 2 aromatic rings. The summed E-state index contributed by atoms with van der Waals surface area (Å²) < 4.78 is 5.51. The Kier molecular flexibility index (Phi) is 6.85. The largest absolute Gasteiger partial charge is 0.494 e. The van der Waals surface area contributed by atoms with E-state index in [2.05, 4.69) is 17.5 Å². The Bertz CT molecular complexity index is 622. The van der Waals surface area contributed by atoms with Crippen LogP contribution in [-0.2, 0) is 11.2 Å². The van der Waals surface area contributed by atoms with Gasteiger partial charge in [-0.05, 0) is 48.2 Å². The maximum Gasteiger partial charge on any atom is 0.240 e. The number of hydrazone groups is 1. The molecule has 0 aliphatic carbocycles. The Labute approximate surface area is 137 Å². The van der Waals surface area contributed by atoms with Crippen LogP contribution in [0.25, 0.3) is 0 Å². The Morgan fingerprint density at radius 2 is 1.87 bits per heavy atom. The van der Waals surface area contributed by atoms with E-state index in [1.807, 2.05) is 54.6 Å². The van der Waals surface area contributed by atoms with Crippen LogP contribution in [0.1, 0.15) is 30.9 Å². The number of carbonyl (C=O) groups excluding carboxylic acids is 1. The molecule has 1 amide bonds. The summed E-state index contributed by atoms with van der Waals surface area (Å²) in [6, 6.07) is 17.5. The summed E-state index contributed by atoms with van der Waals surface area (Å²) in [4.78, 5) is 11.7. The van der Waals surface area contributed by atoms with E-state index in [4.69, 9.17) is 4.74 Å². The van der Waals surface area contributed by atoms with Crippen molar-refractivity contribution in [3.05, 3.63) is 65.7 Å². The maximum absolute atomic E-state index is 11.7. The van der Waals surface area contributed by atoms with Gasteiger partial charge in [0.15, 0.2) is 0 Å². The lowest BCUT2D eigenvalue weighted by Crippen LogP contribution is -2.17. The van der Waals surface area contributed by atoms with Gasteiger partial charge in [0.2, 0.25) is 5.91 Å². The van der Waals surface area contributed by atoms with Crippen LogP contribution >= 0.6 is 0 Å². The zero-order valence-corrected chi connectivity index (χ0v) is 13.4. The summed E-state index contributed by atoms with van der Waals surface area (Å²) >= 11 is 0. The first-order chi connectivity index (χ1) is 11.3.